The summed E-state index contributed by atoms with van der Waals surface area (Å²) in [7, 11) is 0. The largest absolute Gasteiger partial charge is 0.507 e. The van der Waals surface area contributed by atoms with Crippen LogP contribution in [0.25, 0.3) is 0 Å². The number of nitriles is 1. The van der Waals surface area contributed by atoms with E-state index in [1.54, 1.807) is 12.1 Å². The second-order valence-corrected chi connectivity index (χ2v) is 4.71. The highest BCUT2D eigenvalue weighted by Gasteiger charge is 2.15. The van der Waals surface area contributed by atoms with Gasteiger partial charge in [0, 0.05) is 12.0 Å². The smallest absolute Gasteiger partial charge is 0.163 e. The number of hydrogen-bond donors (Lipinski definition) is 1. The van der Waals surface area contributed by atoms with Gasteiger partial charge in [0.25, 0.3) is 0 Å². The van der Waals surface area contributed by atoms with Gasteiger partial charge in [0.15, 0.2) is 5.78 Å². The standard InChI is InChI=1S/C16H21NO3/c1-3-7-14-15(20-11-6-4-5-10-17)9-8-13(12(2)18)16(14)19/h8-9,19H,3-7,11H2,1-2H3. The Balaban J connectivity index is 2.82. The minimum absolute atomic E-state index is 0.0360. The first kappa shape index (κ1) is 16.0. The first-order valence-electron chi connectivity index (χ1n) is 6.97. The summed E-state index contributed by atoms with van der Waals surface area (Å²) < 4.78 is 5.67. The van der Waals surface area contributed by atoms with E-state index in [4.69, 9.17) is 10.00 Å². The normalized spacial score (nSPS) is 10.1. The highest BCUT2D eigenvalue weighted by atomic mass is 16.5. The second kappa shape index (κ2) is 8.21. The Morgan fingerprint density at radius 2 is 2.15 bits per heavy atom. The molecule has 1 aromatic carbocycles. The molecule has 0 atom stereocenters. The van der Waals surface area contributed by atoms with Crippen molar-refractivity contribution >= 4 is 5.78 Å². The summed E-state index contributed by atoms with van der Waals surface area (Å²) in [6, 6.07) is 5.43. The highest BCUT2D eigenvalue weighted by molar-refractivity contribution is 5.97. The van der Waals surface area contributed by atoms with Crippen LogP contribution in [0.2, 0.25) is 0 Å². The number of Topliss-reactive ketones (excluding diaryl/α,β-unsaturated/α-hetero) is 1. The number of phenolic OH excluding ortho intramolecular Hbond substituents is 1. The third kappa shape index (κ3) is 4.27. The van der Waals surface area contributed by atoms with Crippen molar-refractivity contribution in [3.63, 3.8) is 0 Å². The Morgan fingerprint density at radius 1 is 1.40 bits per heavy atom. The number of aromatic hydroxyl groups is 1. The highest BCUT2D eigenvalue weighted by Crippen LogP contribution is 2.33. The van der Waals surface area contributed by atoms with Gasteiger partial charge in [-0.05, 0) is 38.3 Å². The maximum Gasteiger partial charge on any atom is 0.163 e. The van der Waals surface area contributed by atoms with Crippen LogP contribution in [0, 0.1) is 11.3 Å². The van der Waals surface area contributed by atoms with E-state index in [-0.39, 0.29) is 11.5 Å². The lowest BCUT2D eigenvalue weighted by Crippen LogP contribution is -2.03. The van der Waals surface area contributed by atoms with E-state index in [2.05, 4.69) is 6.07 Å². The number of carbonyl (C=O) groups excluding carboxylic acids is 1. The summed E-state index contributed by atoms with van der Waals surface area (Å²) in [4.78, 5) is 11.4. The number of phenols is 1. The van der Waals surface area contributed by atoms with Crippen LogP contribution >= 0.6 is 0 Å². The molecule has 0 spiro atoms. The van der Waals surface area contributed by atoms with E-state index < -0.39 is 0 Å². The van der Waals surface area contributed by atoms with Crippen LogP contribution in [0.15, 0.2) is 12.1 Å². The zero-order chi connectivity index (χ0) is 15.0. The Bertz CT molecular complexity index is 503. The first-order chi connectivity index (χ1) is 9.61. The quantitative estimate of drug-likeness (QED) is 0.581. The molecule has 1 N–H and O–H groups in total. The monoisotopic (exact) mass is 275 g/mol. The Morgan fingerprint density at radius 3 is 2.75 bits per heavy atom. The number of ketones is 1. The van der Waals surface area contributed by atoms with Crippen LogP contribution in [0.3, 0.4) is 0 Å². The van der Waals surface area contributed by atoms with Crippen molar-refractivity contribution in [3.8, 4) is 17.6 Å². The van der Waals surface area contributed by atoms with Gasteiger partial charge >= 0.3 is 0 Å². The fourth-order valence-corrected chi connectivity index (χ4v) is 2.02. The van der Waals surface area contributed by atoms with Gasteiger partial charge in [-0.2, -0.15) is 5.26 Å². The molecule has 0 aliphatic heterocycles. The molecule has 108 valence electrons. The SMILES string of the molecule is CCCc1c(OCCCCC#N)ccc(C(C)=O)c1O. The van der Waals surface area contributed by atoms with E-state index in [1.165, 1.54) is 6.92 Å². The van der Waals surface area contributed by atoms with Gasteiger partial charge in [-0.25, -0.2) is 0 Å². The molecular formula is C16H21NO3. The predicted molar refractivity (Wildman–Crippen MR) is 77.1 cm³/mol. The molecule has 4 heteroatoms. The molecule has 0 saturated heterocycles. The van der Waals surface area contributed by atoms with Gasteiger partial charge in [-0.1, -0.05) is 13.3 Å². The van der Waals surface area contributed by atoms with Gasteiger partial charge < -0.3 is 9.84 Å². The zero-order valence-corrected chi connectivity index (χ0v) is 12.1. The molecule has 0 aromatic heterocycles. The van der Waals surface area contributed by atoms with Crippen molar-refractivity contribution < 1.29 is 14.6 Å². The summed E-state index contributed by atoms with van der Waals surface area (Å²) in [6.45, 7) is 3.96. The van der Waals surface area contributed by atoms with Crippen molar-refractivity contribution in [2.45, 2.75) is 46.0 Å². The molecule has 0 unspecified atom stereocenters. The van der Waals surface area contributed by atoms with Gasteiger partial charge in [0.05, 0.1) is 18.2 Å². The fourth-order valence-electron chi connectivity index (χ4n) is 2.02. The molecule has 1 aromatic rings. The summed E-state index contributed by atoms with van der Waals surface area (Å²) in [5, 5.41) is 18.6. The van der Waals surface area contributed by atoms with E-state index >= 15 is 0 Å². The molecule has 0 aliphatic rings. The molecule has 0 aliphatic carbocycles. The van der Waals surface area contributed by atoms with Gasteiger partial charge in [0.1, 0.15) is 11.5 Å². The molecule has 0 radical (unpaired) electrons. The molecule has 0 saturated carbocycles. The van der Waals surface area contributed by atoms with Gasteiger partial charge in [-0.15, -0.1) is 0 Å². The third-order valence-corrected chi connectivity index (χ3v) is 3.06. The number of rotatable bonds is 8. The number of ether oxygens (including phenoxy) is 1. The molecule has 0 heterocycles. The summed E-state index contributed by atoms with van der Waals surface area (Å²) in [6.07, 6.45) is 3.66. The lowest BCUT2D eigenvalue weighted by atomic mass is 10.0. The Labute approximate surface area is 120 Å². The van der Waals surface area contributed by atoms with E-state index in [1.807, 2.05) is 6.92 Å². The maximum absolute atomic E-state index is 11.4. The number of unbranched alkanes of at least 4 members (excludes halogenated alkanes) is 2. The van der Waals surface area contributed by atoms with Crippen molar-refractivity contribution in [1.82, 2.24) is 0 Å². The van der Waals surface area contributed by atoms with E-state index in [9.17, 15) is 9.90 Å². The zero-order valence-electron chi connectivity index (χ0n) is 12.1. The molecule has 4 nitrogen and oxygen atoms in total. The van der Waals surface area contributed by atoms with Gasteiger partial charge in [0.2, 0.25) is 0 Å². The topological polar surface area (TPSA) is 70.3 Å². The lowest BCUT2D eigenvalue weighted by Gasteiger charge is -2.14. The Hall–Kier alpha value is -2.02. The van der Waals surface area contributed by atoms with E-state index in [0.29, 0.717) is 36.3 Å². The number of benzene rings is 1. The number of carbonyl (C=O) groups is 1. The Kier molecular flexibility index (Phi) is 6.58. The lowest BCUT2D eigenvalue weighted by molar-refractivity contribution is 0.101. The molecule has 0 amide bonds. The molecule has 0 fully saturated rings. The molecular weight excluding hydrogens is 254 g/mol. The minimum atomic E-state index is -0.152. The van der Waals surface area contributed by atoms with Crippen molar-refractivity contribution in [2.24, 2.45) is 0 Å². The maximum atomic E-state index is 11.4. The first-order valence-corrected chi connectivity index (χ1v) is 6.97. The summed E-state index contributed by atoms with van der Waals surface area (Å²) >= 11 is 0. The van der Waals surface area contributed by atoms with Crippen LogP contribution in [0.5, 0.6) is 11.5 Å². The van der Waals surface area contributed by atoms with Crippen LogP contribution in [0.1, 0.15) is 55.5 Å². The second-order valence-electron chi connectivity index (χ2n) is 4.71. The molecule has 1 rings (SSSR count). The van der Waals surface area contributed by atoms with Crippen LogP contribution in [-0.4, -0.2) is 17.5 Å². The average Bonchev–Trinajstić information content (AvgIpc) is 2.41. The average molecular weight is 275 g/mol. The fraction of sp³-hybridized carbons (Fsp3) is 0.500. The molecule has 20 heavy (non-hydrogen) atoms. The van der Waals surface area contributed by atoms with Crippen molar-refractivity contribution in [3.05, 3.63) is 23.3 Å². The van der Waals surface area contributed by atoms with Crippen LogP contribution < -0.4 is 4.74 Å². The van der Waals surface area contributed by atoms with Crippen LogP contribution in [0.4, 0.5) is 0 Å². The van der Waals surface area contributed by atoms with Crippen LogP contribution in [-0.2, 0) is 6.42 Å². The number of hydrogen-bond acceptors (Lipinski definition) is 4. The van der Waals surface area contributed by atoms with Crippen molar-refractivity contribution in [1.29, 1.82) is 5.26 Å². The van der Waals surface area contributed by atoms with Crippen molar-refractivity contribution in [2.75, 3.05) is 6.61 Å². The summed E-state index contributed by atoms with van der Waals surface area (Å²) in [5.74, 6) is 0.514. The predicted octanol–water partition coefficient (Wildman–Crippen LogP) is 3.62. The third-order valence-electron chi connectivity index (χ3n) is 3.06. The minimum Gasteiger partial charge on any atom is -0.507 e. The van der Waals surface area contributed by atoms with Gasteiger partial charge in [-0.3, -0.25) is 4.79 Å². The number of nitrogens with zero attached hydrogens (tertiary/aromatic N) is 1. The molecule has 0 bridgehead atoms. The van der Waals surface area contributed by atoms with E-state index in [0.717, 1.165) is 19.3 Å². The summed E-state index contributed by atoms with van der Waals surface area (Å²) in [5.41, 5.74) is 1.03.